The van der Waals surface area contributed by atoms with E-state index in [9.17, 15) is 9.59 Å². The number of hydrogen-bond donors (Lipinski definition) is 0. The van der Waals surface area contributed by atoms with Crippen molar-refractivity contribution in [2.45, 2.75) is 64.7 Å². The largest absolute Gasteiger partial charge is 0.469 e. The third-order valence-electron chi connectivity index (χ3n) is 4.23. The van der Waals surface area contributed by atoms with E-state index < -0.39 is 5.92 Å². The van der Waals surface area contributed by atoms with Crippen LogP contribution >= 0.6 is 0 Å². The molecule has 0 aromatic rings. The maximum atomic E-state index is 12.1. The fraction of sp³-hybridized carbons (Fsp3) is 0.778. The van der Waals surface area contributed by atoms with Crippen molar-refractivity contribution >= 4 is 11.9 Å². The molecule has 2 unspecified atom stereocenters. The van der Waals surface area contributed by atoms with Crippen LogP contribution in [0.3, 0.4) is 0 Å². The number of ether oxygens (including phenoxy) is 2. The zero-order valence-corrected chi connectivity index (χ0v) is 14.0. The van der Waals surface area contributed by atoms with Gasteiger partial charge < -0.3 is 9.47 Å². The number of methoxy groups -OCH3 is 1. The number of hydrogen-bond acceptors (Lipinski definition) is 4. The maximum absolute atomic E-state index is 12.1. The minimum atomic E-state index is -0.392. The van der Waals surface area contributed by atoms with E-state index in [0.717, 1.165) is 12.8 Å². The first-order valence-corrected chi connectivity index (χ1v) is 8.60. The Hall–Kier alpha value is -1.32. The van der Waals surface area contributed by atoms with Crippen molar-refractivity contribution < 1.29 is 19.1 Å². The summed E-state index contributed by atoms with van der Waals surface area (Å²) in [7, 11) is 1.36. The van der Waals surface area contributed by atoms with Crippen LogP contribution in [0.5, 0.6) is 0 Å². The van der Waals surface area contributed by atoms with Crippen molar-refractivity contribution in [2.24, 2.45) is 11.8 Å². The molecular formula is C18H30O4. The minimum absolute atomic E-state index is 0.259. The van der Waals surface area contributed by atoms with Crippen molar-refractivity contribution in [1.29, 1.82) is 0 Å². The summed E-state index contributed by atoms with van der Waals surface area (Å²) >= 11 is 0. The molecule has 0 saturated carbocycles. The second kappa shape index (κ2) is 11.3. The Kier molecular flexibility index (Phi) is 9.60. The Morgan fingerprint density at radius 3 is 2.05 bits per heavy atom. The van der Waals surface area contributed by atoms with Gasteiger partial charge in [0.1, 0.15) is 0 Å². The molecule has 4 nitrogen and oxygen atoms in total. The van der Waals surface area contributed by atoms with Crippen LogP contribution in [-0.4, -0.2) is 25.7 Å². The van der Waals surface area contributed by atoms with Gasteiger partial charge in [-0.15, -0.1) is 0 Å². The number of rotatable bonds is 10. The lowest BCUT2D eigenvalue weighted by molar-refractivity contribution is -0.159. The summed E-state index contributed by atoms with van der Waals surface area (Å²) in [5.74, 6) is -1.36. The van der Waals surface area contributed by atoms with E-state index in [4.69, 9.17) is 9.47 Å². The average molecular weight is 310 g/mol. The Bertz CT molecular complexity index is 362. The van der Waals surface area contributed by atoms with Gasteiger partial charge in [-0.1, -0.05) is 57.6 Å². The van der Waals surface area contributed by atoms with Gasteiger partial charge in [0.25, 0.3) is 0 Å². The molecule has 0 spiro atoms. The Balaban J connectivity index is 2.20. The van der Waals surface area contributed by atoms with Gasteiger partial charge in [0.05, 0.1) is 25.6 Å². The average Bonchev–Trinajstić information content (AvgIpc) is 2.56. The Labute approximate surface area is 134 Å². The van der Waals surface area contributed by atoms with Gasteiger partial charge in [-0.25, -0.2) is 0 Å². The Morgan fingerprint density at radius 1 is 0.909 bits per heavy atom. The molecule has 1 aliphatic carbocycles. The summed E-state index contributed by atoms with van der Waals surface area (Å²) in [4.78, 5) is 23.9. The first kappa shape index (κ1) is 18.7. The quantitative estimate of drug-likeness (QED) is 0.347. The molecule has 0 amide bonds. The second-order valence-corrected chi connectivity index (χ2v) is 5.97. The minimum Gasteiger partial charge on any atom is -0.469 e. The van der Waals surface area contributed by atoms with Crippen LogP contribution in [0, 0.1) is 11.8 Å². The summed E-state index contributed by atoms with van der Waals surface area (Å²) in [6.07, 6.45) is 13.3. The van der Waals surface area contributed by atoms with Gasteiger partial charge >= 0.3 is 11.9 Å². The lowest BCUT2D eigenvalue weighted by Crippen LogP contribution is -2.33. The zero-order chi connectivity index (χ0) is 16.2. The topological polar surface area (TPSA) is 52.6 Å². The van der Waals surface area contributed by atoms with Crippen molar-refractivity contribution in [2.75, 3.05) is 13.7 Å². The number of allylic oxidation sites excluding steroid dienone is 2. The summed E-state index contributed by atoms with van der Waals surface area (Å²) in [5, 5.41) is 0. The highest BCUT2D eigenvalue weighted by Crippen LogP contribution is 2.27. The maximum Gasteiger partial charge on any atom is 0.310 e. The van der Waals surface area contributed by atoms with Crippen LogP contribution in [0.25, 0.3) is 0 Å². The molecule has 22 heavy (non-hydrogen) atoms. The van der Waals surface area contributed by atoms with E-state index in [2.05, 4.69) is 6.92 Å². The second-order valence-electron chi connectivity index (χ2n) is 5.97. The fourth-order valence-electron chi connectivity index (χ4n) is 2.83. The molecule has 4 heteroatoms. The fourth-order valence-corrected chi connectivity index (χ4v) is 2.83. The molecule has 0 fully saturated rings. The van der Waals surface area contributed by atoms with Gasteiger partial charge in [-0.2, -0.15) is 0 Å². The third-order valence-corrected chi connectivity index (χ3v) is 4.23. The van der Waals surface area contributed by atoms with E-state index in [1.54, 1.807) is 0 Å². The van der Waals surface area contributed by atoms with E-state index in [1.165, 1.54) is 39.2 Å². The predicted molar refractivity (Wildman–Crippen MR) is 86.3 cm³/mol. The molecule has 0 aromatic carbocycles. The number of unbranched alkanes of at least 4 members (excludes halogenated alkanes) is 6. The summed E-state index contributed by atoms with van der Waals surface area (Å²) in [5.41, 5.74) is 0. The van der Waals surface area contributed by atoms with Gasteiger partial charge in [-0.3, -0.25) is 9.59 Å². The molecule has 2 atom stereocenters. The van der Waals surface area contributed by atoms with Crippen molar-refractivity contribution in [1.82, 2.24) is 0 Å². The number of esters is 2. The Morgan fingerprint density at radius 2 is 1.45 bits per heavy atom. The van der Waals surface area contributed by atoms with E-state index in [0.29, 0.717) is 19.4 Å². The van der Waals surface area contributed by atoms with Crippen LogP contribution in [0.1, 0.15) is 64.7 Å². The molecule has 1 aliphatic rings. The van der Waals surface area contributed by atoms with Crippen LogP contribution in [0.2, 0.25) is 0 Å². The van der Waals surface area contributed by atoms with Gasteiger partial charge in [0.15, 0.2) is 0 Å². The van der Waals surface area contributed by atoms with Crippen LogP contribution in [0.4, 0.5) is 0 Å². The summed E-state index contributed by atoms with van der Waals surface area (Å²) in [6.45, 7) is 2.67. The highest BCUT2D eigenvalue weighted by molar-refractivity contribution is 5.82. The smallest absolute Gasteiger partial charge is 0.310 e. The van der Waals surface area contributed by atoms with E-state index >= 15 is 0 Å². The normalized spacial score (nSPS) is 20.6. The van der Waals surface area contributed by atoms with Gasteiger partial charge in [0, 0.05) is 0 Å². The first-order valence-electron chi connectivity index (χ1n) is 8.60. The lowest BCUT2D eigenvalue weighted by Gasteiger charge is -2.24. The molecule has 0 N–H and O–H groups in total. The van der Waals surface area contributed by atoms with Crippen molar-refractivity contribution in [3.05, 3.63) is 12.2 Å². The molecule has 1 rings (SSSR count). The van der Waals surface area contributed by atoms with Crippen LogP contribution in [-0.2, 0) is 19.1 Å². The molecule has 0 radical (unpaired) electrons. The molecule has 0 bridgehead atoms. The SMILES string of the molecule is CCCCCCCCCOC(=O)C1CC=CCC1C(=O)OC. The summed E-state index contributed by atoms with van der Waals surface area (Å²) in [6, 6.07) is 0. The third kappa shape index (κ3) is 6.63. The molecule has 126 valence electrons. The van der Waals surface area contributed by atoms with Crippen LogP contribution < -0.4 is 0 Å². The molecule has 0 heterocycles. The zero-order valence-electron chi connectivity index (χ0n) is 14.0. The van der Waals surface area contributed by atoms with Gasteiger partial charge in [-0.05, 0) is 19.3 Å². The van der Waals surface area contributed by atoms with Crippen LogP contribution in [0.15, 0.2) is 12.2 Å². The van der Waals surface area contributed by atoms with Crippen molar-refractivity contribution in [3.63, 3.8) is 0 Å². The summed E-state index contributed by atoms with van der Waals surface area (Å²) < 4.78 is 10.1. The predicted octanol–water partition coefficient (Wildman–Crippen LogP) is 4.04. The number of carbonyl (C=O) groups is 2. The molecular weight excluding hydrogens is 280 g/mol. The monoisotopic (exact) mass is 310 g/mol. The molecule has 0 aliphatic heterocycles. The highest BCUT2D eigenvalue weighted by atomic mass is 16.5. The van der Waals surface area contributed by atoms with Gasteiger partial charge in [0.2, 0.25) is 0 Å². The first-order chi connectivity index (χ1) is 10.7. The van der Waals surface area contributed by atoms with E-state index in [-0.39, 0.29) is 17.9 Å². The van der Waals surface area contributed by atoms with Crippen molar-refractivity contribution in [3.8, 4) is 0 Å². The van der Waals surface area contributed by atoms with E-state index in [1.807, 2.05) is 12.2 Å². The standard InChI is InChI=1S/C18H30O4/c1-3-4-5-6-7-8-11-14-22-18(20)16-13-10-9-12-15(16)17(19)21-2/h9-10,15-16H,3-8,11-14H2,1-2H3. The lowest BCUT2D eigenvalue weighted by atomic mass is 9.83. The molecule has 0 aromatic heterocycles. The highest BCUT2D eigenvalue weighted by Gasteiger charge is 2.35. The molecule has 0 saturated heterocycles. The number of carbonyl (C=O) groups excluding carboxylic acids is 2.